The van der Waals surface area contributed by atoms with Crippen LogP contribution in [0.3, 0.4) is 0 Å². The van der Waals surface area contributed by atoms with Gasteiger partial charge in [0.05, 0.1) is 11.3 Å². The van der Waals surface area contributed by atoms with Crippen molar-refractivity contribution in [1.29, 1.82) is 0 Å². The van der Waals surface area contributed by atoms with Gasteiger partial charge in [0, 0.05) is 30.8 Å². The van der Waals surface area contributed by atoms with Crippen molar-refractivity contribution in [1.82, 2.24) is 14.3 Å². The number of benzene rings is 1. The Hall–Kier alpha value is -2.52. The van der Waals surface area contributed by atoms with E-state index in [-0.39, 0.29) is 12.0 Å². The number of carboxylic acid groups (broad SMARTS) is 1. The second-order valence-electron chi connectivity index (χ2n) is 6.90. The average Bonchev–Trinajstić information content (AvgIpc) is 3.19. The van der Waals surface area contributed by atoms with Crippen LogP contribution < -0.4 is 5.56 Å². The number of H-pyrrole nitrogens is 1. The number of nitrogens with one attached hydrogen (secondary N) is 1. The number of aromatic nitrogens is 2. The van der Waals surface area contributed by atoms with Gasteiger partial charge in [0.2, 0.25) is 10.0 Å². The lowest BCUT2D eigenvalue weighted by molar-refractivity contribution is -0.136. The fraction of sp³-hybridized carbons (Fsp3) is 0.421. The Balaban J connectivity index is 1.68. The molecule has 0 spiro atoms. The lowest BCUT2D eigenvalue weighted by Crippen LogP contribution is -2.27. The molecule has 1 fully saturated rings. The SMILES string of the molecule is Cc1nc(CCc2ccc(S(=O)(=O)N3CCCC3)cc2)[nH]c(=O)c1CC(=O)O. The molecule has 0 saturated carbocycles. The zero-order valence-corrected chi connectivity index (χ0v) is 16.5. The first-order valence-corrected chi connectivity index (χ1v) is 10.6. The van der Waals surface area contributed by atoms with E-state index < -0.39 is 21.6 Å². The summed E-state index contributed by atoms with van der Waals surface area (Å²) >= 11 is 0. The Bertz CT molecular complexity index is 1020. The third-order valence-corrected chi connectivity index (χ3v) is 6.79. The molecule has 0 radical (unpaired) electrons. The summed E-state index contributed by atoms with van der Waals surface area (Å²) in [6.45, 7) is 2.76. The monoisotopic (exact) mass is 405 g/mol. The van der Waals surface area contributed by atoms with Gasteiger partial charge in [0.1, 0.15) is 5.82 Å². The number of aryl methyl sites for hydroxylation is 3. The smallest absolute Gasteiger partial charge is 0.308 e. The number of rotatable bonds is 7. The standard InChI is InChI=1S/C19H23N3O5S/c1-13-16(12-18(23)24)19(25)21-17(20-13)9-6-14-4-7-15(8-5-14)28(26,27)22-10-2-3-11-22/h4-5,7-8H,2-3,6,9-12H2,1H3,(H,23,24)(H,20,21,25). The topological polar surface area (TPSA) is 120 Å². The number of nitrogens with zero attached hydrogens (tertiary/aromatic N) is 2. The number of aliphatic carboxylic acids is 1. The van der Waals surface area contributed by atoms with Gasteiger partial charge in [-0.1, -0.05) is 12.1 Å². The molecule has 2 aromatic rings. The van der Waals surface area contributed by atoms with E-state index in [0.717, 1.165) is 18.4 Å². The molecular weight excluding hydrogens is 382 g/mol. The highest BCUT2D eigenvalue weighted by Gasteiger charge is 2.26. The molecule has 1 aromatic heterocycles. The Kier molecular flexibility index (Phi) is 5.95. The van der Waals surface area contributed by atoms with Crippen LogP contribution in [0, 0.1) is 6.92 Å². The van der Waals surface area contributed by atoms with Gasteiger partial charge in [0.25, 0.3) is 5.56 Å². The second-order valence-corrected chi connectivity index (χ2v) is 8.84. The third kappa shape index (κ3) is 4.48. The molecule has 1 saturated heterocycles. The molecule has 2 heterocycles. The van der Waals surface area contributed by atoms with E-state index in [0.29, 0.717) is 42.3 Å². The number of carbonyl (C=O) groups is 1. The first-order valence-electron chi connectivity index (χ1n) is 9.17. The molecule has 3 rings (SSSR count). The minimum atomic E-state index is -3.42. The maximum absolute atomic E-state index is 12.5. The zero-order chi connectivity index (χ0) is 20.3. The summed E-state index contributed by atoms with van der Waals surface area (Å²) in [5.74, 6) is -0.600. The Morgan fingerprint density at radius 2 is 1.82 bits per heavy atom. The Morgan fingerprint density at radius 3 is 2.39 bits per heavy atom. The molecule has 2 N–H and O–H groups in total. The van der Waals surface area contributed by atoms with Gasteiger partial charge in [-0.3, -0.25) is 9.59 Å². The summed E-state index contributed by atoms with van der Waals surface area (Å²) in [7, 11) is -3.42. The van der Waals surface area contributed by atoms with E-state index in [1.165, 1.54) is 4.31 Å². The molecule has 8 nitrogen and oxygen atoms in total. The van der Waals surface area contributed by atoms with Crippen molar-refractivity contribution >= 4 is 16.0 Å². The summed E-state index contributed by atoms with van der Waals surface area (Å²) < 4.78 is 26.6. The molecule has 9 heteroatoms. The van der Waals surface area contributed by atoms with Gasteiger partial charge < -0.3 is 10.1 Å². The van der Waals surface area contributed by atoms with Crippen LogP contribution >= 0.6 is 0 Å². The maximum atomic E-state index is 12.5. The molecule has 0 unspecified atom stereocenters. The zero-order valence-electron chi connectivity index (χ0n) is 15.6. The quantitative estimate of drug-likeness (QED) is 0.716. The number of aromatic amines is 1. The molecule has 1 aromatic carbocycles. The predicted octanol–water partition coefficient (Wildman–Crippen LogP) is 1.28. The molecule has 1 aliphatic heterocycles. The summed E-state index contributed by atoms with van der Waals surface area (Å²) in [6.07, 6.45) is 2.47. The lowest BCUT2D eigenvalue weighted by Gasteiger charge is -2.15. The van der Waals surface area contributed by atoms with Crippen LogP contribution in [0.25, 0.3) is 0 Å². The van der Waals surface area contributed by atoms with E-state index in [1.54, 1.807) is 31.2 Å². The molecule has 0 aliphatic carbocycles. The lowest BCUT2D eigenvalue weighted by atomic mass is 10.1. The highest BCUT2D eigenvalue weighted by atomic mass is 32.2. The van der Waals surface area contributed by atoms with E-state index in [1.807, 2.05) is 0 Å². The molecule has 1 aliphatic rings. The highest BCUT2D eigenvalue weighted by molar-refractivity contribution is 7.89. The van der Waals surface area contributed by atoms with Gasteiger partial charge >= 0.3 is 5.97 Å². The van der Waals surface area contributed by atoms with Crippen molar-refractivity contribution in [2.45, 2.75) is 43.9 Å². The molecule has 28 heavy (non-hydrogen) atoms. The summed E-state index contributed by atoms with van der Waals surface area (Å²) in [4.78, 5) is 30.1. The first-order chi connectivity index (χ1) is 13.3. The number of carboxylic acids is 1. The van der Waals surface area contributed by atoms with E-state index >= 15 is 0 Å². The Labute approximate surface area is 163 Å². The molecular formula is C19H23N3O5S. The van der Waals surface area contributed by atoms with E-state index in [9.17, 15) is 18.0 Å². The third-order valence-electron chi connectivity index (χ3n) is 4.88. The van der Waals surface area contributed by atoms with Gasteiger partial charge in [-0.05, 0) is 43.9 Å². The summed E-state index contributed by atoms with van der Waals surface area (Å²) in [5.41, 5.74) is 1.06. The summed E-state index contributed by atoms with van der Waals surface area (Å²) in [6, 6.07) is 6.76. The maximum Gasteiger partial charge on any atom is 0.308 e. The fourth-order valence-corrected chi connectivity index (χ4v) is 4.83. The van der Waals surface area contributed by atoms with Gasteiger partial charge in [0.15, 0.2) is 0 Å². The van der Waals surface area contributed by atoms with Crippen LogP contribution in [0.15, 0.2) is 34.0 Å². The average molecular weight is 405 g/mol. The number of sulfonamides is 1. The first kappa shape index (κ1) is 20.2. The van der Waals surface area contributed by atoms with Crippen LogP contribution in [0.4, 0.5) is 0 Å². The van der Waals surface area contributed by atoms with Gasteiger partial charge in [-0.25, -0.2) is 13.4 Å². The fourth-order valence-electron chi connectivity index (χ4n) is 3.31. The van der Waals surface area contributed by atoms with Crippen LogP contribution in [-0.2, 0) is 34.1 Å². The van der Waals surface area contributed by atoms with E-state index in [4.69, 9.17) is 5.11 Å². The van der Waals surface area contributed by atoms with Gasteiger partial charge in [-0.2, -0.15) is 4.31 Å². The van der Waals surface area contributed by atoms with Crippen LogP contribution in [0.1, 0.15) is 35.5 Å². The molecule has 0 amide bonds. The van der Waals surface area contributed by atoms with Gasteiger partial charge in [-0.15, -0.1) is 0 Å². The van der Waals surface area contributed by atoms with Crippen molar-refractivity contribution in [2.24, 2.45) is 0 Å². The minimum Gasteiger partial charge on any atom is -0.481 e. The van der Waals surface area contributed by atoms with Crippen molar-refractivity contribution in [3.05, 3.63) is 57.3 Å². The van der Waals surface area contributed by atoms with E-state index in [2.05, 4.69) is 9.97 Å². The Morgan fingerprint density at radius 1 is 1.18 bits per heavy atom. The second kappa shape index (κ2) is 8.24. The van der Waals surface area contributed by atoms with Crippen LogP contribution in [0.5, 0.6) is 0 Å². The van der Waals surface area contributed by atoms with Crippen molar-refractivity contribution in [3.8, 4) is 0 Å². The molecule has 0 atom stereocenters. The van der Waals surface area contributed by atoms with Crippen LogP contribution in [-0.4, -0.2) is 46.9 Å². The van der Waals surface area contributed by atoms with Crippen molar-refractivity contribution in [2.75, 3.05) is 13.1 Å². The normalized spacial score (nSPS) is 15.0. The highest BCUT2D eigenvalue weighted by Crippen LogP contribution is 2.21. The van der Waals surface area contributed by atoms with Crippen molar-refractivity contribution < 1.29 is 18.3 Å². The number of hydrogen-bond acceptors (Lipinski definition) is 5. The summed E-state index contributed by atoms with van der Waals surface area (Å²) in [5, 5.41) is 8.86. The molecule has 150 valence electrons. The molecule has 0 bridgehead atoms. The number of hydrogen-bond donors (Lipinski definition) is 2. The minimum absolute atomic E-state index is 0.160. The predicted molar refractivity (Wildman–Crippen MR) is 103 cm³/mol. The largest absolute Gasteiger partial charge is 0.481 e. The van der Waals surface area contributed by atoms with Crippen molar-refractivity contribution in [3.63, 3.8) is 0 Å². The van der Waals surface area contributed by atoms with Crippen LogP contribution in [0.2, 0.25) is 0 Å².